The molecule has 1 heterocycles. The molecule has 104 valence electrons. The van der Waals surface area contributed by atoms with Crippen molar-refractivity contribution in [3.63, 3.8) is 0 Å². The van der Waals surface area contributed by atoms with E-state index in [1.807, 2.05) is 0 Å². The number of imide groups is 1. The molecule has 1 saturated carbocycles. The van der Waals surface area contributed by atoms with Gasteiger partial charge in [0.2, 0.25) is 11.8 Å². The molecule has 5 heteroatoms. The summed E-state index contributed by atoms with van der Waals surface area (Å²) in [6.45, 7) is 3.49. The van der Waals surface area contributed by atoms with Gasteiger partial charge in [0.1, 0.15) is 6.04 Å². The molecule has 1 atom stereocenters. The predicted molar refractivity (Wildman–Crippen MR) is 68.2 cm³/mol. The smallest absolute Gasteiger partial charge is 0.327 e. The number of amides is 2. The molecule has 2 fully saturated rings. The summed E-state index contributed by atoms with van der Waals surface area (Å²) in [5, 5.41) is 9.16. The number of nitrogens with zero attached hydrogens (tertiary/aromatic N) is 1. The van der Waals surface area contributed by atoms with E-state index in [-0.39, 0.29) is 23.7 Å². The lowest BCUT2D eigenvalue weighted by atomic mass is 9.76. The van der Waals surface area contributed by atoms with Crippen molar-refractivity contribution in [3.05, 3.63) is 12.7 Å². The Morgan fingerprint density at radius 3 is 2.26 bits per heavy atom. The van der Waals surface area contributed by atoms with E-state index in [2.05, 4.69) is 6.58 Å². The van der Waals surface area contributed by atoms with Crippen molar-refractivity contribution in [3.8, 4) is 0 Å². The van der Waals surface area contributed by atoms with Crippen molar-refractivity contribution < 1.29 is 19.5 Å². The van der Waals surface area contributed by atoms with Gasteiger partial charge in [-0.15, -0.1) is 6.58 Å². The summed E-state index contributed by atoms with van der Waals surface area (Å²) in [6, 6.07) is -1.10. The standard InChI is InChI=1S/C14H19NO4/c1-2-5-10(13(18)19)15-11(16)8-14(9-12(15)17)6-3-4-7-14/h2,10H,1,3-9H2,(H,18,19). The normalized spacial score (nSPS) is 23.7. The fraction of sp³-hybridized carbons (Fsp3) is 0.643. The first-order valence-corrected chi connectivity index (χ1v) is 6.68. The Bertz CT molecular complexity index is 403. The second-order valence-electron chi connectivity index (χ2n) is 5.60. The van der Waals surface area contributed by atoms with E-state index in [1.165, 1.54) is 6.08 Å². The third kappa shape index (κ3) is 2.55. The van der Waals surface area contributed by atoms with Crippen LogP contribution in [0, 0.1) is 5.41 Å². The van der Waals surface area contributed by atoms with Crippen molar-refractivity contribution in [2.24, 2.45) is 5.41 Å². The van der Waals surface area contributed by atoms with Gasteiger partial charge in [0.15, 0.2) is 0 Å². The maximum atomic E-state index is 12.2. The summed E-state index contributed by atoms with van der Waals surface area (Å²) in [4.78, 5) is 36.5. The van der Waals surface area contributed by atoms with Gasteiger partial charge in [0.05, 0.1) is 0 Å². The number of hydrogen-bond acceptors (Lipinski definition) is 3. The highest BCUT2D eigenvalue weighted by Gasteiger charge is 2.47. The molecule has 0 aromatic heterocycles. The second kappa shape index (κ2) is 5.15. The highest BCUT2D eigenvalue weighted by molar-refractivity contribution is 6.02. The van der Waals surface area contributed by atoms with Gasteiger partial charge < -0.3 is 5.11 Å². The minimum Gasteiger partial charge on any atom is -0.480 e. The Morgan fingerprint density at radius 2 is 1.84 bits per heavy atom. The number of aliphatic carboxylic acids is 1. The zero-order valence-electron chi connectivity index (χ0n) is 10.9. The molecule has 1 unspecified atom stereocenters. The average Bonchev–Trinajstić information content (AvgIpc) is 2.74. The molecule has 0 aromatic rings. The van der Waals surface area contributed by atoms with Crippen LogP contribution in [-0.4, -0.2) is 33.8 Å². The van der Waals surface area contributed by atoms with Gasteiger partial charge in [-0.05, 0) is 24.7 Å². The van der Waals surface area contributed by atoms with Crippen LogP contribution in [0.3, 0.4) is 0 Å². The lowest BCUT2D eigenvalue weighted by Gasteiger charge is -2.39. The van der Waals surface area contributed by atoms with E-state index >= 15 is 0 Å². The van der Waals surface area contributed by atoms with Crippen LogP contribution in [-0.2, 0) is 14.4 Å². The lowest BCUT2D eigenvalue weighted by Crippen LogP contribution is -2.54. The number of likely N-dealkylation sites (tertiary alicyclic amines) is 1. The number of hydrogen-bond donors (Lipinski definition) is 1. The quantitative estimate of drug-likeness (QED) is 0.620. The molecule has 0 radical (unpaired) electrons. The van der Waals surface area contributed by atoms with Crippen LogP contribution in [0.1, 0.15) is 44.9 Å². The third-order valence-electron chi connectivity index (χ3n) is 4.24. The van der Waals surface area contributed by atoms with Crippen LogP contribution in [0.2, 0.25) is 0 Å². The highest BCUT2D eigenvalue weighted by Crippen LogP contribution is 2.47. The molecule has 2 rings (SSSR count). The maximum Gasteiger partial charge on any atom is 0.327 e. The Labute approximate surface area is 112 Å². The molecular formula is C14H19NO4. The lowest BCUT2D eigenvalue weighted by molar-refractivity contribution is -0.164. The SMILES string of the molecule is C=CCC(C(=O)O)N1C(=O)CC2(CCCC2)CC1=O. The Kier molecular flexibility index (Phi) is 3.73. The zero-order chi connectivity index (χ0) is 14.0. The van der Waals surface area contributed by atoms with E-state index in [0.717, 1.165) is 30.6 Å². The van der Waals surface area contributed by atoms with Gasteiger partial charge in [-0.1, -0.05) is 18.9 Å². The van der Waals surface area contributed by atoms with Gasteiger partial charge >= 0.3 is 5.97 Å². The van der Waals surface area contributed by atoms with Crippen molar-refractivity contribution in [2.45, 2.75) is 51.0 Å². The van der Waals surface area contributed by atoms with E-state index in [0.29, 0.717) is 12.8 Å². The number of piperidine rings is 1. The largest absolute Gasteiger partial charge is 0.480 e. The van der Waals surface area contributed by atoms with Gasteiger partial charge in [-0.25, -0.2) is 4.79 Å². The predicted octanol–water partition coefficient (Wildman–Crippen LogP) is 1.73. The van der Waals surface area contributed by atoms with E-state index in [9.17, 15) is 14.4 Å². The van der Waals surface area contributed by atoms with Crippen LogP contribution in [0.15, 0.2) is 12.7 Å². The van der Waals surface area contributed by atoms with Gasteiger partial charge in [-0.2, -0.15) is 0 Å². The van der Waals surface area contributed by atoms with Gasteiger partial charge in [0, 0.05) is 12.8 Å². The monoisotopic (exact) mass is 265 g/mol. The molecule has 2 amide bonds. The van der Waals surface area contributed by atoms with E-state index in [1.54, 1.807) is 0 Å². The molecule has 19 heavy (non-hydrogen) atoms. The molecule has 0 bridgehead atoms. The van der Waals surface area contributed by atoms with E-state index in [4.69, 9.17) is 5.11 Å². The first-order valence-electron chi connectivity index (χ1n) is 6.68. The van der Waals surface area contributed by atoms with Gasteiger partial charge in [-0.3, -0.25) is 14.5 Å². The summed E-state index contributed by atoms with van der Waals surface area (Å²) in [6.07, 6.45) is 6.04. The second-order valence-corrected chi connectivity index (χ2v) is 5.60. The molecule has 1 N–H and O–H groups in total. The minimum atomic E-state index is -1.15. The Balaban J connectivity index is 2.19. The van der Waals surface area contributed by atoms with Crippen molar-refractivity contribution in [1.82, 2.24) is 4.90 Å². The molecule has 5 nitrogen and oxygen atoms in total. The third-order valence-corrected chi connectivity index (χ3v) is 4.24. The molecule has 1 spiro atoms. The minimum absolute atomic E-state index is 0.0970. The molecule has 1 aliphatic carbocycles. The van der Waals surface area contributed by atoms with Crippen molar-refractivity contribution >= 4 is 17.8 Å². The summed E-state index contributed by atoms with van der Waals surface area (Å²) < 4.78 is 0. The van der Waals surface area contributed by atoms with Crippen LogP contribution < -0.4 is 0 Å². The number of carbonyl (C=O) groups is 3. The zero-order valence-corrected chi connectivity index (χ0v) is 10.9. The average molecular weight is 265 g/mol. The Hall–Kier alpha value is -1.65. The topological polar surface area (TPSA) is 74.7 Å². The number of rotatable bonds is 4. The highest BCUT2D eigenvalue weighted by atomic mass is 16.4. The first kappa shape index (κ1) is 13.8. The summed E-state index contributed by atoms with van der Waals surface area (Å²) in [5.41, 5.74) is -0.193. The van der Waals surface area contributed by atoms with Crippen LogP contribution >= 0.6 is 0 Å². The first-order chi connectivity index (χ1) is 8.99. The molecule has 0 aromatic carbocycles. The summed E-state index contributed by atoms with van der Waals surface area (Å²) >= 11 is 0. The fourth-order valence-corrected chi connectivity index (χ4v) is 3.31. The number of carboxylic acid groups (broad SMARTS) is 1. The molecular weight excluding hydrogens is 246 g/mol. The molecule has 2 aliphatic rings. The van der Waals surface area contributed by atoms with Crippen molar-refractivity contribution in [2.75, 3.05) is 0 Å². The summed E-state index contributed by atoms with van der Waals surface area (Å²) in [7, 11) is 0. The van der Waals surface area contributed by atoms with Crippen molar-refractivity contribution in [1.29, 1.82) is 0 Å². The van der Waals surface area contributed by atoms with Crippen LogP contribution in [0.4, 0.5) is 0 Å². The summed E-state index contributed by atoms with van der Waals surface area (Å²) in [5.74, 6) is -1.83. The Morgan fingerprint density at radius 1 is 1.32 bits per heavy atom. The molecule has 1 saturated heterocycles. The number of carboxylic acids is 1. The maximum absolute atomic E-state index is 12.2. The number of carbonyl (C=O) groups excluding carboxylic acids is 2. The van der Waals surface area contributed by atoms with Crippen LogP contribution in [0.5, 0.6) is 0 Å². The van der Waals surface area contributed by atoms with Crippen LogP contribution in [0.25, 0.3) is 0 Å². The van der Waals surface area contributed by atoms with Gasteiger partial charge in [0.25, 0.3) is 0 Å². The molecule has 1 aliphatic heterocycles. The fourth-order valence-electron chi connectivity index (χ4n) is 3.31. The van der Waals surface area contributed by atoms with E-state index < -0.39 is 12.0 Å².